The minimum absolute atomic E-state index is 0.0344. The molecule has 2 N–H and O–H groups in total. The van der Waals surface area contributed by atoms with Crippen LogP contribution in [0.25, 0.3) is 0 Å². The first-order valence-corrected chi connectivity index (χ1v) is 12.9. The van der Waals surface area contributed by atoms with Gasteiger partial charge < -0.3 is 14.9 Å². The molecule has 6 atom stereocenters. The lowest BCUT2D eigenvalue weighted by Crippen LogP contribution is -2.44. The second kappa shape index (κ2) is 9.95. The fourth-order valence-electron chi connectivity index (χ4n) is 6.87. The molecule has 0 aromatic rings. The van der Waals surface area contributed by atoms with Crippen molar-refractivity contribution in [3.8, 4) is 0 Å². The molecule has 1 aliphatic carbocycles. The predicted molar refractivity (Wildman–Crippen MR) is 131 cm³/mol. The summed E-state index contributed by atoms with van der Waals surface area (Å²) in [6.45, 7) is 9.88. The van der Waals surface area contributed by atoms with Gasteiger partial charge in [-0.2, -0.15) is 0 Å². The van der Waals surface area contributed by atoms with Crippen molar-refractivity contribution in [1.29, 1.82) is 0 Å². The van der Waals surface area contributed by atoms with Crippen molar-refractivity contribution in [2.24, 2.45) is 22.2 Å². The third-order valence-electron chi connectivity index (χ3n) is 8.85. The van der Waals surface area contributed by atoms with E-state index in [1.54, 1.807) is 0 Å². The van der Waals surface area contributed by atoms with Gasteiger partial charge >= 0.3 is 0 Å². The molecule has 1 fully saturated rings. The van der Waals surface area contributed by atoms with Crippen LogP contribution in [-0.4, -0.2) is 47.4 Å². The van der Waals surface area contributed by atoms with Gasteiger partial charge in [-0.05, 0) is 101 Å². The summed E-state index contributed by atoms with van der Waals surface area (Å²) in [6, 6.07) is 0. The maximum absolute atomic E-state index is 11.1. The highest BCUT2D eigenvalue weighted by Gasteiger charge is 2.46. The Bertz CT molecular complexity index is 823. The molecule has 4 rings (SSSR count). The molecule has 3 aliphatic heterocycles. The first-order valence-electron chi connectivity index (χ1n) is 12.9. The van der Waals surface area contributed by atoms with Crippen LogP contribution in [0.5, 0.6) is 0 Å². The lowest BCUT2D eigenvalue weighted by Gasteiger charge is -2.47. The molecule has 1 saturated heterocycles. The van der Waals surface area contributed by atoms with Crippen LogP contribution < -0.4 is 0 Å². The van der Waals surface area contributed by atoms with Crippen molar-refractivity contribution in [2.45, 2.75) is 104 Å². The summed E-state index contributed by atoms with van der Waals surface area (Å²) >= 11 is 0. The van der Waals surface area contributed by atoms with Gasteiger partial charge in [0.15, 0.2) is 0 Å². The molecule has 0 unspecified atom stereocenters. The fourth-order valence-corrected chi connectivity index (χ4v) is 6.87. The molecule has 32 heavy (non-hydrogen) atoms. The number of hydrogen-bond acceptors (Lipinski definition) is 4. The van der Waals surface area contributed by atoms with Crippen LogP contribution in [0.4, 0.5) is 0 Å². The molecule has 4 nitrogen and oxygen atoms in total. The van der Waals surface area contributed by atoms with E-state index in [9.17, 15) is 10.2 Å². The Labute approximate surface area is 194 Å². The van der Waals surface area contributed by atoms with Crippen LogP contribution in [0.1, 0.15) is 85.5 Å². The minimum Gasteiger partial charge on any atom is -0.392 e. The highest BCUT2D eigenvalue weighted by Crippen LogP contribution is 2.51. The van der Waals surface area contributed by atoms with E-state index in [-0.39, 0.29) is 30.1 Å². The number of aliphatic imine (C=N–C) groups is 1. The van der Waals surface area contributed by atoms with Gasteiger partial charge in [-0.1, -0.05) is 24.6 Å². The summed E-state index contributed by atoms with van der Waals surface area (Å²) in [5.41, 5.74) is 6.29. The van der Waals surface area contributed by atoms with Gasteiger partial charge in [0.05, 0.1) is 24.9 Å². The summed E-state index contributed by atoms with van der Waals surface area (Å²) in [5.74, 6) is 0.749. The summed E-state index contributed by atoms with van der Waals surface area (Å²) < 4.78 is 6.43. The maximum Gasteiger partial charge on any atom is 0.0812 e. The maximum atomic E-state index is 11.1. The molecular weight excluding hydrogens is 398 g/mol. The minimum atomic E-state index is -0.442. The number of aliphatic hydroxyl groups is 2. The standard InChI is InChI=1S/C28H43NO3/c1-18-7-5-8-26-28(12-6-14-29-26)13-11-22(17-30)21(4)24(28)16-19(2)25(31)10-9-23-15-20(3)27(18)32-23/h7,16,20,23-25,27,30-31H,5-6,8-15,17H2,1-4H3/t20-,23-,24-,25+,27+,28+/m1/s1. The summed E-state index contributed by atoms with van der Waals surface area (Å²) in [4.78, 5) is 5.11. The molecule has 3 heterocycles. The van der Waals surface area contributed by atoms with Crippen LogP contribution in [0.15, 0.2) is 39.4 Å². The van der Waals surface area contributed by atoms with Crippen LogP contribution >= 0.6 is 0 Å². The Hall–Kier alpha value is -1.23. The first-order chi connectivity index (χ1) is 15.4. The van der Waals surface area contributed by atoms with Crippen molar-refractivity contribution >= 4 is 5.71 Å². The molecule has 178 valence electrons. The van der Waals surface area contributed by atoms with Crippen molar-refractivity contribution < 1.29 is 14.9 Å². The van der Waals surface area contributed by atoms with Crippen LogP contribution in [-0.2, 0) is 4.74 Å². The number of hydrogen-bond donors (Lipinski definition) is 2. The van der Waals surface area contributed by atoms with Crippen LogP contribution in [0.2, 0.25) is 0 Å². The molecule has 2 bridgehead atoms. The molecule has 0 radical (unpaired) electrons. The third kappa shape index (κ3) is 4.56. The zero-order valence-corrected chi connectivity index (χ0v) is 20.6. The molecule has 4 aliphatic rings. The van der Waals surface area contributed by atoms with Crippen LogP contribution in [0.3, 0.4) is 0 Å². The second-order valence-corrected chi connectivity index (χ2v) is 10.9. The van der Waals surface area contributed by atoms with E-state index in [0.717, 1.165) is 69.9 Å². The highest BCUT2D eigenvalue weighted by molar-refractivity contribution is 5.92. The van der Waals surface area contributed by atoms with Crippen LogP contribution in [0, 0.1) is 17.3 Å². The van der Waals surface area contributed by atoms with Crippen molar-refractivity contribution in [1.82, 2.24) is 0 Å². The number of rotatable bonds is 1. The van der Waals surface area contributed by atoms with E-state index < -0.39 is 6.10 Å². The second-order valence-electron chi connectivity index (χ2n) is 10.9. The molecular formula is C28H43NO3. The average molecular weight is 442 g/mol. The molecule has 0 amide bonds. The van der Waals surface area contributed by atoms with E-state index in [0.29, 0.717) is 5.92 Å². The zero-order chi connectivity index (χ0) is 22.9. The predicted octanol–water partition coefficient (Wildman–Crippen LogP) is 5.55. The number of nitrogens with zero attached hydrogens (tertiary/aromatic N) is 1. The normalized spacial score (nSPS) is 39.2. The van der Waals surface area contributed by atoms with Gasteiger partial charge in [0.1, 0.15) is 0 Å². The van der Waals surface area contributed by atoms with Gasteiger partial charge in [0, 0.05) is 23.6 Å². The topological polar surface area (TPSA) is 62.1 Å². The SMILES string of the molecule is CC1=C[C@@H]2C(C)=C(CO)CC[C@@]23CCCN=C3CCC=C(C)[C@@H]2O[C@H](CC[C@@H]1O)C[C@H]2C. The summed E-state index contributed by atoms with van der Waals surface area (Å²) in [6.07, 6.45) is 13.7. The Morgan fingerprint density at radius 3 is 2.72 bits per heavy atom. The van der Waals surface area contributed by atoms with Gasteiger partial charge in [-0.15, -0.1) is 0 Å². The molecule has 0 aromatic heterocycles. The lowest BCUT2D eigenvalue weighted by atomic mass is 9.58. The number of aliphatic hydroxyl groups excluding tert-OH is 2. The summed E-state index contributed by atoms with van der Waals surface area (Å²) in [5, 5.41) is 21.1. The number of ether oxygens (including phenoxy) is 1. The molecule has 0 saturated carbocycles. The number of allylic oxidation sites excluding steroid dienone is 3. The molecule has 1 spiro atoms. The molecule has 0 aromatic carbocycles. The Morgan fingerprint density at radius 1 is 1.12 bits per heavy atom. The van der Waals surface area contributed by atoms with E-state index >= 15 is 0 Å². The number of fused-ring (bicyclic) bond motifs is 2. The zero-order valence-electron chi connectivity index (χ0n) is 20.6. The third-order valence-corrected chi connectivity index (χ3v) is 8.85. The monoisotopic (exact) mass is 441 g/mol. The summed E-state index contributed by atoms with van der Waals surface area (Å²) in [7, 11) is 0. The van der Waals surface area contributed by atoms with E-state index in [1.165, 1.54) is 22.4 Å². The quantitative estimate of drug-likeness (QED) is 0.525. The Morgan fingerprint density at radius 2 is 1.94 bits per heavy atom. The van der Waals surface area contributed by atoms with Crippen molar-refractivity contribution in [2.75, 3.05) is 13.2 Å². The van der Waals surface area contributed by atoms with E-state index in [2.05, 4.69) is 39.8 Å². The van der Waals surface area contributed by atoms with Gasteiger partial charge in [0.2, 0.25) is 0 Å². The van der Waals surface area contributed by atoms with Gasteiger partial charge in [0.25, 0.3) is 0 Å². The largest absolute Gasteiger partial charge is 0.392 e. The van der Waals surface area contributed by atoms with Crippen molar-refractivity contribution in [3.05, 3.63) is 34.4 Å². The Balaban J connectivity index is 1.74. The Kier molecular flexibility index (Phi) is 7.43. The smallest absolute Gasteiger partial charge is 0.0812 e. The van der Waals surface area contributed by atoms with E-state index in [1.807, 2.05) is 0 Å². The van der Waals surface area contributed by atoms with E-state index in [4.69, 9.17) is 9.73 Å². The fraction of sp³-hybridized carbons (Fsp3) is 0.750. The molecule has 4 heteroatoms. The average Bonchev–Trinajstić information content (AvgIpc) is 3.16. The first kappa shape index (κ1) is 23.9. The lowest BCUT2D eigenvalue weighted by molar-refractivity contribution is 0.0444. The highest BCUT2D eigenvalue weighted by atomic mass is 16.5. The van der Waals surface area contributed by atoms with Gasteiger partial charge in [-0.25, -0.2) is 0 Å². The van der Waals surface area contributed by atoms with Crippen molar-refractivity contribution in [3.63, 3.8) is 0 Å². The van der Waals surface area contributed by atoms with Gasteiger partial charge in [-0.3, -0.25) is 4.99 Å².